The van der Waals surface area contributed by atoms with Crippen LogP contribution in [0.4, 0.5) is 11.4 Å². The number of amides is 1. The van der Waals surface area contributed by atoms with Gasteiger partial charge < -0.3 is 16.4 Å². The fourth-order valence-electron chi connectivity index (χ4n) is 2.07. The van der Waals surface area contributed by atoms with Gasteiger partial charge in [0.05, 0.1) is 27.8 Å². The second-order valence-electron chi connectivity index (χ2n) is 4.40. The molecule has 6 nitrogen and oxygen atoms in total. The number of nitrogens with two attached hydrogens (primary N) is 2. The number of hydrogen-bond donors (Lipinski definition) is 2. The third-order valence-corrected chi connectivity index (χ3v) is 4.91. The summed E-state index contributed by atoms with van der Waals surface area (Å²) in [6.45, 7) is 0.568. The number of nitrogens with zero attached hydrogens (tertiary/aromatic N) is 1. The molecule has 0 bridgehead atoms. The summed E-state index contributed by atoms with van der Waals surface area (Å²) in [7, 11) is -3.00. The minimum absolute atomic E-state index is 0.0336. The van der Waals surface area contributed by atoms with Gasteiger partial charge in [-0.1, -0.05) is 11.6 Å². The average Bonchev–Trinajstić information content (AvgIpc) is 2.29. The molecular formula is C11H14ClN3O3S. The van der Waals surface area contributed by atoms with E-state index in [-0.39, 0.29) is 30.2 Å². The minimum Gasteiger partial charge on any atom is -0.399 e. The first-order valence-corrected chi connectivity index (χ1v) is 7.84. The number of carbonyl (C=O) groups is 1. The molecule has 104 valence electrons. The monoisotopic (exact) mass is 303 g/mol. The lowest BCUT2D eigenvalue weighted by Crippen LogP contribution is -2.41. The molecule has 19 heavy (non-hydrogen) atoms. The predicted octanol–water partition coefficient (Wildman–Crippen LogP) is 0.256. The van der Waals surface area contributed by atoms with Gasteiger partial charge >= 0.3 is 0 Å². The smallest absolute Gasteiger partial charge is 0.250 e. The minimum atomic E-state index is -3.00. The van der Waals surface area contributed by atoms with Crippen LogP contribution in [0, 0.1) is 0 Å². The molecule has 0 saturated carbocycles. The van der Waals surface area contributed by atoms with Gasteiger partial charge in [-0.3, -0.25) is 4.79 Å². The molecule has 1 aromatic rings. The van der Waals surface area contributed by atoms with E-state index in [1.54, 1.807) is 4.90 Å². The number of rotatable bonds is 2. The molecule has 1 aliphatic rings. The van der Waals surface area contributed by atoms with Gasteiger partial charge in [0, 0.05) is 18.8 Å². The summed E-state index contributed by atoms with van der Waals surface area (Å²) in [5, 5.41) is 0.299. The summed E-state index contributed by atoms with van der Waals surface area (Å²) < 4.78 is 22.8. The van der Waals surface area contributed by atoms with E-state index in [9.17, 15) is 13.2 Å². The Hall–Kier alpha value is -1.47. The molecule has 0 atom stereocenters. The summed E-state index contributed by atoms with van der Waals surface area (Å²) >= 11 is 6.10. The van der Waals surface area contributed by atoms with Crippen molar-refractivity contribution in [2.75, 3.05) is 35.2 Å². The van der Waals surface area contributed by atoms with Gasteiger partial charge in [0.1, 0.15) is 0 Å². The molecule has 1 heterocycles. The zero-order chi connectivity index (χ0) is 14.2. The van der Waals surface area contributed by atoms with E-state index in [0.29, 0.717) is 16.4 Å². The van der Waals surface area contributed by atoms with Gasteiger partial charge in [0.2, 0.25) is 0 Å². The van der Waals surface area contributed by atoms with Gasteiger partial charge in [-0.2, -0.15) is 0 Å². The highest BCUT2D eigenvalue weighted by Crippen LogP contribution is 2.33. The molecule has 1 saturated heterocycles. The van der Waals surface area contributed by atoms with Crippen molar-refractivity contribution >= 4 is 38.7 Å². The zero-order valence-electron chi connectivity index (χ0n) is 10.1. The number of nitrogen functional groups attached to an aromatic ring is 1. The number of anilines is 2. The molecule has 8 heteroatoms. The molecule has 0 radical (unpaired) electrons. The number of primary amides is 1. The van der Waals surface area contributed by atoms with Crippen molar-refractivity contribution in [1.82, 2.24) is 0 Å². The van der Waals surface area contributed by atoms with Crippen LogP contribution in [0.25, 0.3) is 0 Å². The van der Waals surface area contributed by atoms with Crippen molar-refractivity contribution in [3.8, 4) is 0 Å². The van der Waals surface area contributed by atoms with E-state index in [2.05, 4.69) is 0 Å². The van der Waals surface area contributed by atoms with Crippen LogP contribution in [0.1, 0.15) is 10.4 Å². The van der Waals surface area contributed by atoms with Crippen LogP contribution >= 0.6 is 11.6 Å². The van der Waals surface area contributed by atoms with Gasteiger partial charge in [-0.25, -0.2) is 8.42 Å². The van der Waals surface area contributed by atoms with Crippen LogP contribution < -0.4 is 16.4 Å². The lowest BCUT2D eigenvalue weighted by molar-refractivity contribution is 0.100. The lowest BCUT2D eigenvalue weighted by atomic mass is 10.1. The zero-order valence-corrected chi connectivity index (χ0v) is 11.7. The molecule has 1 aromatic carbocycles. The van der Waals surface area contributed by atoms with Crippen LogP contribution in [0.2, 0.25) is 5.02 Å². The van der Waals surface area contributed by atoms with Crippen molar-refractivity contribution in [2.45, 2.75) is 0 Å². The molecule has 0 aliphatic carbocycles. The van der Waals surface area contributed by atoms with E-state index in [1.807, 2.05) is 0 Å². The fourth-order valence-corrected chi connectivity index (χ4v) is 3.61. The number of halogens is 1. The van der Waals surface area contributed by atoms with Crippen molar-refractivity contribution in [1.29, 1.82) is 0 Å². The Morgan fingerprint density at radius 1 is 1.26 bits per heavy atom. The maximum atomic E-state index is 11.5. The van der Waals surface area contributed by atoms with Crippen LogP contribution in [0.3, 0.4) is 0 Å². The Labute approximate surface area is 116 Å². The van der Waals surface area contributed by atoms with Gasteiger partial charge in [-0.15, -0.1) is 0 Å². The summed E-state index contributed by atoms with van der Waals surface area (Å²) in [6, 6.07) is 2.97. The van der Waals surface area contributed by atoms with E-state index < -0.39 is 15.7 Å². The van der Waals surface area contributed by atoms with Crippen LogP contribution in [-0.2, 0) is 9.84 Å². The third kappa shape index (κ3) is 2.93. The first-order chi connectivity index (χ1) is 8.80. The molecule has 1 aliphatic heterocycles. The van der Waals surface area contributed by atoms with Crippen LogP contribution in [-0.4, -0.2) is 38.9 Å². The SMILES string of the molecule is NC(=O)c1cc(N)cc(Cl)c1N1CCS(=O)(=O)CC1. The molecule has 0 aromatic heterocycles. The molecule has 1 fully saturated rings. The summed E-state index contributed by atoms with van der Waals surface area (Å²) in [6.07, 6.45) is 0. The van der Waals surface area contributed by atoms with E-state index in [4.69, 9.17) is 23.1 Å². The van der Waals surface area contributed by atoms with E-state index >= 15 is 0 Å². The number of hydrogen-bond acceptors (Lipinski definition) is 5. The summed E-state index contributed by atoms with van der Waals surface area (Å²) in [4.78, 5) is 13.2. The lowest BCUT2D eigenvalue weighted by Gasteiger charge is -2.30. The third-order valence-electron chi connectivity index (χ3n) is 3.01. The van der Waals surface area contributed by atoms with Gasteiger partial charge in [0.15, 0.2) is 9.84 Å². The topological polar surface area (TPSA) is 106 Å². The second-order valence-corrected chi connectivity index (χ2v) is 7.11. The quantitative estimate of drug-likeness (QED) is 0.762. The van der Waals surface area contributed by atoms with Crippen LogP contribution in [0.5, 0.6) is 0 Å². The van der Waals surface area contributed by atoms with E-state index in [1.165, 1.54) is 12.1 Å². The summed E-state index contributed by atoms with van der Waals surface area (Å²) in [5.74, 6) is -0.574. The Balaban J connectivity index is 2.42. The first-order valence-electron chi connectivity index (χ1n) is 5.64. The van der Waals surface area contributed by atoms with Crippen molar-refractivity contribution in [3.63, 3.8) is 0 Å². The number of sulfone groups is 1. The normalized spacial score (nSPS) is 18.3. The highest BCUT2D eigenvalue weighted by molar-refractivity contribution is 7.91. The Bertz CT molecular complexity index is 616. The second kappa shape index (κ2) is 4.90. The van der Waals surface area contributed by atoms with Crippen molar-refractivity contribution < 1.29 is 13.2 Å². The Morgan fingerprint density at radius 2 is 1.84 bits per heavy atom. The van der Waals surface area contributed by atoms with Crippen molar-refractivity contribution in [3.05, 3.63) is 22.7 Å². The maximum Gasteiger partial charge on any atom is 0.250 e. The number of benzene rings is 1. The van der Waals surface area contributed by atoms with Gasteiger partial charge in [-0.05, 0) is 12.1 Å². The molecular weight excluding hydrogens is 290 g/mol. The molecule has 0 unspecified atom stereocenters. The van der Waals surface area contributed by atoms with E-state index in [0.717, 1.165) is 0 Å². The largest absolute Gasteiger partial charge is 0.399 e. The summed E-state index contributed by atoms with van der Waals surface area (Å²) in [5.41, 5.74) is 12.0. The Morgan fingerprint density at radius 3 is 2.37 bits per heavy atom. The highest BCUT2D eigenvalue weighted by atomic mass is 35.5. The first kappa shape index (κ1) is 14.0. The highest BCUT2D eigenvalue weighted by Gasteiger charge is 2.26. The molecule has 2 rings (SSSR count). The van der Waals surface area contributed by atoms with Gasteiger partial charge in [0.25, 0.3) is 5.91 Å². The Kier molecular flexibility index (Phi) is 3.60. The maximum absolute atomic E-state index is 11.5. The predicted molar refractivity (Wildman–Crippen MR) is 75.2 cm³/mol. The standard InChI is InChI=1S/C11H14ClN3O3S/c12-9-6-7(13)5-8(11(14)16)10(9)15-1-3-19(17,18)4-2-15/h5-6H,1-4,13H2,(H2,14,16). The fraction of sp³-hybridized carbons (Fsp3) is 0.364. The van der Waals surface area contributed by atoms with Crippen LogP contribution in [0.15, 0.2) is 12.1 Å². The van der Waals surface area contributed by atoms with Crippen molar-refractivity contribution in [2.24, 2.45) is 5.73 Å². The molecule has 0 spiro atoms. The molecule has 4 N–H and O–H groups in total. The number of carbonyl (C=O) groups excluding carboxylic acids is 1. The average molecular weight is 304 g/mol. The molecule has 1 amide bonds.